The Hall–Kier alpha value is -0.850. The molecule has 0 aliphatic carbocycles. The van der Waals surface area contributed by atoms with Gasteiger partial charge in [0.2, 0.25) is 0 Å². The fourth-order valence-corrected chi connectivity index (χ4v) is 0.980. The maximum absolute atomic E-state index is 8.37. The molecule has 1 heterocycles. The lowest BCUT2D eigenvalue weighted by Crippen LogP contribution is -2.16. The number of nitrogens with zero attached hydrogens (tertiary/aromatic N) is 2. The first-order valence-electron chi connectivity index (χ1n) is 2.42. The van der Waals surface area contributed by atoms with Gasteiger partial charge in [0.15, 0.2) is 6.19 Å². The van der Waals surface area contributed by atoms with E-state index < -0.39 is 0 Å². The zero-order chi connectivity index (χ0) is 7.56. The lowest BCUT2D eigenvalue weighted by molar-refractivity contribution is 0.678. The van der Waals surface area contributed by atoms with E-state index in [1.807, 2.05) is 6.19 Å². The van der Waals surface area contributed by atoms with Gasteiger partial charge in [-0.3, -0.25) is 4.90 Å². The zero-order valence-electron chi connectivity index (χ0n) is 4.81. The van der Waals surface area contributed by atoms with E-state index in [2.05, 4.69) is 5.32 Å². The summed E-state index contributed by atoms with van der Waals surface area (Å²) < 4.78 is 0. The number of nitrogens with one attached hydrogen (secondary N) is 1. The van der Waals surface area contributed by atoms with Crippen LogP contribution in [0.25, 0.3) is 0 Å². The van der Waals surface area contributed by atoms with Crippen LogP contribution in [0, 0.1) is 11.5 Å². The summed E-state index contributed by atoms with van der Waals surface area (Å²) in [5.41, 5.74) is 0. The molecule has 0 aromatic rings. The van der Waals surface area contributed by atoms with Gasteiger partial charge in [0.05, 0.1) is 12.4 Å². The molecule has 0 bridgehead atoms. The first-order chi connectivity index (χ1) is 4.72. The Kier molecular flexibility index (Phi) is 2.05. The van der Waals surface area contributed by atoms with Crippen molar-refractivity contribution < 1.29 is 0 Å². The van der Waals surface area contributed by atoms with Crippen LogP contribution in [0.4, 0.5) is 0 Å². The second kappa shape index (κ2) is 2.82. The topological polar surface area (TPSA) is 39.1 Å². The SMILES string of the molecule is N#CN1C=C(Cl)NC(Cl)=C1. The molecule has 1 aliphatic heterocycles. The fraction of sp³-hybridized carbons (Fsp3) is 0. The summed E-state index contributed by atoms with van der Waals surface area (Å²) in [6.45, 7) is 0. The Morgan fingerprint density at radius 1 is 1.40 bits per heavy atom. The standard InChI is InChI=1S/C5H3Cl2N3/c6-4-1-10(3-8)2-5(7)9-4/h1-2,9H. The third-order valence-electron chi connectivity index (χ3n) is 0.859. The van der Waals surface area contributed by atoms with Crippen LogP contribution in [0.3, 0.4) is 0 Å². The zero-order valence-corrected chi connectivity index (χ0v) is 6.32. The van der Waals surface area contributed by atoms with Crippen LogP contribution in [-0.2, 0) is 0 Å². The molecule has 0 radical (unpaired) electrons. The van der Waals surface area contributed by atoms with Crippen molar-refractivity contribution in [2.24, 2.45) is 0 Å². The number of halogens is 2. The highest BCUT2D eigenvalue weighted by Gasteiger charge is 2.05. The summed E-state index contributed by atoms with van der Waals surface area (Å²) in [7, 11) is 0. The molecule has 0 aromatic heterocycles. The maximum atomic E-state index is 8.37. The molecular formula is C5H3Cl2N3. The van der Waals surface area contributed by atoms with Gasteiger partial charge in [0.1, 0.15) is 10.3 Å². The lowest BCUT2D eigenvalue weighted by atomic mass is 10.6. The van der Waals surface area contributed by atoms with Crippen molar-refractivity contribution >= 4 is 23.2 Å². The highest BCUT2D eigenvalue weighted by Crippen LogP contribution is 2.12. The van der Waals surface area contributed by atoms with Gasteiger partial charge in [-0.25, -0.2) is 0 Å². The predicted octanol–water partition coefficient (Wildman–Crippen LogP) is 1.45. The summed E-state index contributed by atoms with van der Waals surface area (Å²) in [5, 5.41) is 11.6. The van der Waals surface area contributed by atoms with Gasteiger partial charge in [-0.05, 0) is 0 Å². The minimum absolute atomic E-state index is 0.328. The van der Waals surface area contributed by atoms with Gasteiger partial charge in [0, 0.05) is 0 Å². The van der Waals surface area contributed by atoms with Crippen molar-refractivity contribution in [1.29, 1.82) is 5.26 Å². The smallest absolute Gasteiger partial charge is 0.188 e. The highest BCUT2D eigenvalue weighted by atomic mass is 35.5. The van der Waals surface area contributed by atoms with E-state index in [-0.39, 0.29) is 0 Å². The number of hydrogen-bond acceptors (Lipinski definition) is 3. The second-order valence-electron chi connectivity index (χ2n) is 1.59. The van der Waals surface area contributed by atoms with Crippen molar-refractivity contribution in [2.75, 3.05) is 0 Å². The molecule has 5 heteroatoms. The minimum Gasteiger partial charge on any atom is -0.334 e. The van der Waals surface area contributed by atoms with Crippen LogP contribution < -0.4 is 5.32 Å². The van der Waals surface area contributed by atoms with Crippen molar-refractivity contribution in [1.82, 2.24) is 10.2 Å². The molecule has 1 N–H and O–H groups in total. The van der Waals surface area contributed by atoms with Crippen LogP contribution in [0.1, 0.15) is 0 Å². The van der Waals surface area contributed by atoms with Crippen LogP contribution in [0.15, 0.2) is 22.7 Å². The van der Waals surface area contributed by atoms with Crippen molar-refractivity contribution in [2.45, 2.75) is 0 Å². The van der Waals surface area contributed by atoms with E-state index in [4.69, 9.17) is 28.5 Å². The molecule has 0 amide bonds. The Labute approximate surface area is 68.1 Å². The van der Waals surface area contributed by atoms with Crippen molar-refractivity contribution in [3.63, 3.8) is 0 Å². The van der Waals surface area contributed by atoms with Gasteiger partial charge in [-0.1, -0.05) is 23.2 Å². The molecule has 0 saturated carbocycles. The van der Waals surface area contributed by atoms with E-state index >= 15 is 0 Å². The quantitative estimate of drug-likeness (QED) is 0.448. The van der Waals surface area contributed by atoms with Crippen molar-refractivity contribution in [3.05, 3.63) is 22.7 Å². The van der Waals surface area contributed by atoms with Crippen molar-refractivity contribution in [3.8, 4) is 6.19 Å². The molecule has 52 valence electrons. The Bertz CT molecular complexity index is 220. The molecule has 10 heavy (non-hydrogen) atoms. The summed E-state index contributed by atoms with van der Waals surface area (Å²) in [6, 6.07) is 0. The van der Waals surface area contributed by atoms with Crippen LogP contribution in [-0.4, -0.2) is 4.90 Å². The summed E-state index contributed by atoms with van der Waals surface area (Å²) >= 11 is 11.0. The number of hydrogen-bond donors (Lipinski definition) is 1. The summed E-state index contributed by atoms with van der Waals surface area (Å²) in [6.07, 6.45) is 4.68. The Morgan fingerprint density at radius 2 is 1.90 bits per heavy atom. The monoisotopic (exact) mass is 175 g/mol. The van der Waals surface area contributed by atoms with Gasteiger partial charge in [0.25, 0.3) is 0 Å². The number of nitriles is 1. The third-order valence-corrected chi connectivity index (χ3v) is 1.24. The molecule has 1 rings (SSSR count). The molecule has 0 aromatic carbocycles. The Balaban J connectivity index is 2.79. The Morgan fingerprint density at radius 3 is 2.30 bits per heavy atom. The first kappa shape index (κ1) is 7.26. The van der Waals surface area contributed by atoms with E-state index in [1.54, 1.807) is 0 Å². The largest absolute Gasteiger partial charge is 0.334 e. The minimum atomic E-state index is 0.328. The van der Waals surface area contributed by atoms with Crippen LogP contribution >= 0.6 is 23.2 Å². The lowest BCUT2D eigenvalue weighted by Gasteiger charge is -2.13. The summed E-state index contributed by atoms with van der Waals surface area (Å²) in [4.78, 5) is 1.21. The van der Waals surface area contributed by atoms with E-state index in [0.29, 0.717) is 10.3 Å². The van der Waals surface area contributed by atoms with Crippen LogP contribution in [0.5, 0.6) is 0 Å². The van der Waals surface area contributed by atoms with Crippen LogP contribution in [0.2, 0.25) is 0 Å². The van der Waals surface area contributed by atoms with Gasteiger partial charge < -0.3 is 5.32 Å². The van der Waals surface area contributed by atoms with Gasteiger partial charge in [-0.15, -0.1) is 0 Å². The third kappa shape index (κ3) is 1.56. The van der Waals surface area contributed by atoms with Gasteiger partial charge >= 0.3 is 0 Å². The molecule has 0 saturated heterocycles. The first-order valence-corrected chi connectivity index (χ1v) is 3.17. The molecule has 0 unspecified atom stereocenters. The normalized spacial score (nSPS) is 16.7. The maximum Gasteiger partial charge on any atom is 0.188 e. The average Bonchev–Trinajstić information content (AvgIpc) is 1.85. The molecule has 0 spiro atoms. The van der Waals surface area contributed by atoms with E-state index in [0.717, 1.165) is 0 Å². The summed E-state index contributed by atoms with van der Waals surface area (Å²) in [5.74, 6) is 0. The van der Waals surface area contributed by atoms with E-state index in [1.165, 1.54) is 17.3 Å². The molecule has 1 aliphatic rings. The average molecular weight is 176 g/mol. The number of rotatable bonds is 0. The molecular weight excluding hydrogens is 173 g/mol. The van der Waals surface area contributed by atoms with Gasteiger partial charge in [-0.2, -0.15) is 5.26 Å². The second-order valence-corrected chi connectivity index (χ2v) is 2.40. The fourth-order valence-electron chi connectivity index (χ4n) is 0.518. The highest BCUT2D eigenvalue weighted by molar-refractivity contribution is 6.33. The molecule has 3 nitrogen and oxygen atoms in total. The van der Waals surface area contributed by atoms with E-state index in [9.17, 15) is 0 Å². The molecule has 0 fully saturated rings. The molecule has 0 atom stereocenters. The predicted molar refractivity (Wildman–Crippen MR) is 38.5 cm³/mol.